The van der Waals surface area contributed by atoms with Crippen LogP contribution in [-0.2, 0) is 6.42 Å². The third kappa shape index (κ3) is 0.960. The number of hydrogen-bond donors (Lipinski definition) is 0. The number of hydrogen-bond acceptors (Lipinski definition) is 2. The smallest absolute Gasteiger partial charge is 0.188 e. The maximum absolute atomic E-state index is 8.76. The Kier molecular flexibility index (Phi) is 1.56. The van der Waals surface area contributed by atoms with E-state index < -0.39 is 0 Å². The van der Waals surface area contributed by atoms with E-state index in [0.717, 1.165) is 12.1 Å². The molecule has 12 heavy (non-hydrogen) atoms. The fraction of sp³-hybridized carbons (Fsp3) is 0.100. The van der Waals surface area contributed by atoms with Crippen molar-refractivity contribution in [1.29, 1.82) is 5.26 Å². The lowest BCUT2D eigenvalue weighted by atomic mass is 10.1. The van der Waals surface area contributed by atoms with Crippen molar-refractivity contribution in [2.75, 3.05) is 4.90 Å². The Morgan fingerprint density at radius 2 is 2.17 bits per heavy atom. The van der Waals surface area contributed by atoms with Crippen LogP contribution in [0.1, 0.15) is 5.56 Å². The number of benzene rings is 1. The van der Waals surface area contributed by atoms with E-state index in [-0.39, 0.29) is 0 Å². The second kappa shape index (κ2) is 2.71. The van der Waals surface area contributed by atoms with Crippen molar-refractivity contribution >= 4 is 5.69 Å². The van der Waals surface area contributed by atoms with Gasteiger partial charge in [0.25, 0.3) is 0 Å². The Hall–Kier alpha value is -1.75. The summed E-state index contributed by atoms with van der Waals surface area (Å²) < 4.78 is 0. The molecule has 2 heteroatoms. The average Bonchev–Trinajstić information content (AvgIpc) is 2.17. The van der Waals surface area contributed by atoms with Gasteiger partial charge in [0.05, 0.1) is 5.69 Å². The first-order chi connectivity index (χ1) is 5.92. The van der Waals surface area contributed by atoms with Crippen molar-refractivity contribution in [3.8, 4) is 6.19 Å². The summed E-state index contributed by atoms with van der Waals surface area (Å²) in [5.41, 5.74) is 2.21. The molecule has 1 aromatic rings. The average molecular weight is 156 g/mol. The summed E-state index contributed by atoms with van der Waals surface area (Å²) in [4.78, 5) is 1.58. The van der Waals surface area contributed by atoms with E-state index in [1.165, 1.54) is 5.56 Å². The molecule has 0 fully saturated rings. The van der Waals surface area contributed by atoms with Crippen molar-refractivity contribution in [3.63, 3.8) is 0 Å². The van der Waals surface area contributed by atoms with Crippen LogP contribution in [0.4, 0.5) is 5.69 Å². The minimum atomic E-state index is 0.925. The molecule has 0 atom stereocenters. The summed E-state index contributed by atoms with van der Waals surface area (Å²) in [6.45, 7) is 0. The number of nitrogens with zero attached hydrogens (tertiary/aromatic N) is 2. The third-order valence-electron chi connectivity index (χ3n) is 1.95. The molecule has 0 saturated heterocycles. The first-order valence-electron chi connectivity index (χ1n) is 3.85. The third-order valence-corrected chi connectivity index (χ3v) is 1.95. The zero-order valence-electron chi connectivity index (χ0n) is 6.57. The molecule has 0 aliphatic carbocycles. The lowest BCUT2D eigenvalue weighted by Crippen LogP contribution is -2.12. The van der Waals surface area contributed by atoms with Crippen LogP contribution in [0.15, 0.2) is 36.5 Å². The van der Waals surface area contributed by atoms with Gasteiger partial charge in [-0.2, -0.15) is 5.26 Å². The molecule has 0 bridgehead atoms. The van der Waals surface area contributed by atoms with Gasteiger partial charge in [0.15, 0.2) is 6.19 Å². The minimum absolute atomic E-state index is 0.925. The van der Waals surface area contributed by atoms with Crippen molar-refractivity contribution in [1.82, 2.24) is 0 Å². The maximum atomic E-state index is 8.76. The molecule has 1 aliphatic rings. The molecule has 0 N–H and O–H groups in total. The van der Waals surface area contributed by atoms with Crippen LogP contribution >= 0.6 is 0 Å². The summed E-state index contributed by atoms with van der Waals surface area (Å²) in [7, 11) is 0. The van der Waals surface area contributed by atoms with Crippen LogP contribution in [0.5, 0.6) is 0 Å². The van der Waals surface area contributed by atoms with Gasteiger partial charge in [0.2, 0.25) is 0 Å². The van der Waals surface area contributed by atoms with Gasteiger partial charge in [-0.05, 0) is 18.1 Å². The molecular formula is C10H8N2. The molecule has 58 valence electrons. The predicted octanol–water partition coefficient (Wildman–Crippen LogP) is 2.04. The SMILES string of the molecule is N#CN1C=CCc2ccccc21. The molecule has 2 rings (SSSR count). The number of fused-ring (bicyclic) bond motifs is 1. The van der Waals surface area contributed by atoms with Crippen molar-refractivity contribution in [2.24, 2.45) is 0 Å². The summed E-state index contributed by atoms with van der Waals surface area (Å²) in [6.07, 6.45) is 6.83. The van der Waals surface area contributed by atoms with Crippen LogP contribution in [0.2, 0.25) is 0 Å². The zero-order chi connectivity index (χ0) is 8.39. The predicted molar refractivity (Wildman–Crippen MR) is 47.4 cm³/mol. The number of allylic oxidation sites excluding steroid dienone is 1. The molecule has 0 amide bonds. The second-order valence-corrected chi connectivity index (χ2v) is 2.69. The van der Waals surface area contributed by atoms with E-state index in [2.05, 4.69) is 6.19 Å². The molecule has 0 unspecified atom stereocenters. The van der Waals surface area contributed by atoms with E-state index in [1.54, 1.807) is 4.90 Å². The maximum Gasteiger partial charge on any atom is 0.188 e. The van der Waals surface area contributed by atoms with Gasteiger partial charge in [-0.1, -0.05) is 24.3 Å². The van der Waals surface area contributed by atoms with Gasteiger partial charge in [0, 0.05) is 6.20 Å². The summed E-state index contributed by atoms with van der Waals surface area (Å²) in [5, 5.41) is 8.76. The number of rotatable bonds is 0. The van der Waals surface area contributed by atoms with Gasteiger partial charge in [-0.3, -0.25) is 4.90 Å². The Morgan fingerprint density at radius 3 is 3.00 bits per heavy atom. The van der Waals surface area contributed by atoms with Crippen LogP contribution in [0.25, 0.3) is 0 Å². The lowest BCUT2D eigenvalue weighted by Gasteiger charge is -2.18. The molecule has 0 spiro atoms. The van der Waals surface area contributed by atoms with E-state index in [1.807, 2.05) is 36.5 Å². The number of nitriles is 1. The second-order valence-electron chi connectivity index (χ2n) is 2.69. The van der Waals surface area contributed by atoms with Crippen LogP contribution in [0.3, 0.4) is 0 Å². The van der Waals surface area contributed by atoms with Crippen LogP contribution < -0.4 is 4.90 Å². The van der Waals surface area contributed by atoms with Crippen LogP contribution in [-0.4, -0.2) is 0 Å². The van der Waals surface area contributed by atoms with Crippen molar-refractivity contribution in [2.45, 2.75) is 6.42 Å². The summed E-state index contributed by atoms with van der Waals surface area (Å²) in [5.74, 6) is 0. The topological polar surface area (TPSA) is 27.0 Å². The fourth-order valence-electron chi connectivity index (χ4n) is 1.37. The molecular weight excluding hydrogens is 148 g/mol. The van der Waals surface area contributed by atoms with Crippen molar-refractivity contribution in [3.05, 3.63) is 42.1 Å². The molecule has 1 heterocycles. The Labute approximate surface area is 71.3 Å². The molecule has 0 radical (unpaired) electrons. The molecule has 0 saturated carbocycles. The van der Waals surface area contributed by atoms with Gasteiger partial charge < -0.3 is 0 Å². The quantitative estimate of drug-likeness (QED) is 0.537. The highest BCUT2D eigenvalue weighted by Gasteiger charge is 2.09. The van der Waals surface area contributed by atoms with E-state index >= 15 is 0 Å². The van der Waals surface area contributed by atoms with Crippen LogP contribution in [0, 0.1) is 11.5 Å². The first kappa shape index (κ1) is 6.93. The first-order valence-corrected chi connectivity index (χ1v) is 3.85. The van der Waals surface area contributed by atoms with Gasteiger partial charge in [0.1, 0.15) is 0 Å². The Balaban J connectivity index is 2.51. The lowest BCUT2D eigenvalue weighted by molar-refractivity contribution is 1.13. The van der Waals surface area contributed by atoms with Gasteiger partial charge in [-0.25, -0.2) is 0 Å². The minimum Gasteiger partial charge on any atom is -0.255 e. The Morgan fingerprint density at radius 1 is 1.33 bits per heavy atom. The van der Waals surface area contributed by atoms with E-state index in [4.69, 9.17) is 5.26 Å². The number of para-hydroxylation sites is 1. The molecule has 2 nitrogen and oxygen atoms in total. The number of anilines is 1. The monoisotopic (exact) mass is 156 g/mol. The highest BCUT2D eigenvalue weighted by Crippen LogP contribution is 2.24. The molecule has 0 aromatic heterocycles. The Bertz CT molecular complexity index is 360. The van der Waals surface area contributed by atoms with Gasteiger partial charge >= 0.3 is 0 Å². The summed E-state index contributed by atoms with van der Waals surface area (Å²) >= 11 is 0. The highest BCUT2D eigenvalue weighted by atomic mass is 15.1. The van der Waals surface area contributed by atoms with E-state index in [0.29, 0.717) is 0 Å². The van der Waals surface area contributed by atoms with E-state index in [9.17, 15) is 0 Å². The zero-order valence-corrected chi connectivity index (χ0v) is 6.57. The fourth-order valence-corrected chi connectivity index (χ4v) is 1.37. The normalized spacial score (nSPS) is 13.8. The highest BCUT2D eigenvalue weighted by molar-refractivity contribution is 5.61. The largest absolute Gasteiger partial charge is 0.255 e. The van der Waals surface area contributed by atoms with Crippen molar-refractivity contribution < 1.29 is 0 Å². The van der Waals surface area contributed by atoms with Gasteiger partial charge in [-0.15, -0.1) is 0 Å². The summed E-state index contributed by atoms with van der Waals surface area (Å²) in [6, 6.07) is 7.95. The molecule has 1 aliphatic heterocycles. The molecule has 1 aromatic carbocycles. The standard InChI is InChI=1S/C10H8N2/c11-8-12-7-3-5-9-4-1-2-6-10(9)12/h1-4,6-7H,5H2.